The Balaban J connectivity index is 1.51. The van der Waals surface area contributed by atoms with Gasteiger partial charge in [-0.15, -0.1) is 28.1 Å². The molecular weight excluding hydrogens is 436 g/mol. The highest BCUT2D eigenvalue weighted by molar-refractivity contribution is 7.99. The molecule has 0 unspecified atom stereocenters. The number of thioether (sulfide) groups is 1. The molecule has 8 heteroatoms. The highest BCUT2D eigenvalue weighted by Crippen LogP contribution is 2.37. The van der Waals surface area contributed by atoms with Gasteiger partial charge in [0.15, 0.2) is 11.0 Å². The van der Waals surface area contributed by atoms with Crippen LogP contribution in [0.5, 0.6) is 0 Å². The molecule has 1 amide bonds. The lowest BCUT2D eigenvalue weighted by Gasteiger charge is -2.13. The largest absolute Gasteiger partial charge is 0.325 e. The molecule has 30 heavy (non-hydrogen) atoms. The normalized spacial score (nSPS) is 13.1. The van der Waals surface area contributed by atoms with Gasteiger partial charge in [0.1, 0.15) is 0 Å². The second-order valence-electron chi connectivity index (χ2n) is 7.21. The first-order valence-electron chi connectivity index (χ1n) is 9.90. The molecular formula is C22H23ClN4OS2. The second-order valence-corrected chi connectivity index (χ2v) is 9.53. The summed E-state index contributed by atoms with van der Waals surface area (Å²) in [6.45, 7) is 6.37. The van der Waals surface area contributed by atoms with E-state index in [1.54, 1.807) is 0 Å². The number of anilines is 1. The first-order valence-corrected chi connectivity index (χ1v) is 12.1. The molecule has 0 bridgehead atoms. The summed E-state index contributed by atoms with van der Waals surface area (Å²) < 4.78 is 2.05. The maximum absolute atomic E-state index is 12.5. The number of thiophene rings is 1. The average Bonchev–Trinajstić information content (AvgIpc) is 3.34. The monoisotopic (exact) mass is 458 g/mol. The number of hydrogen-bond donors (Lipinski definition) is 1. The maximum atomic E-state index is 12.5. The minimum atomic E-state index is -0.104. The molecule has 1 aromatic carbocycles. The van der Waals surface area contributed by atoms with E-state index in [1.807, 2.05) is 47.1 Å². The minimum Gasteiger partial charge on any atom is -0.325 e. The van der Waals surface area contributed by atoms with Crippen molar-refractivity contribution in [3.8, 4) is 11.4 Å². The van der Waals surface area contributed by atoms with Crippen molar-refractivity contribution in [3.05, 3.63) is 57.3 Å². The summed E-state index contributed by atoms with van der Waals surface area (Å²) in [6, 6.07) is 5.48. The molecule has 4 rings (SSSR count). The highest BCUT2D eigenvalue weighted by atomic mass is 35.5. The smallest absolute Gasteiger partial charge is 0.234 e. The Morgan fingerprint density at radius 2 is 2.20 bits per heavy atom. The van der Waals surface area contributed by atoms with Crippen LogP contribution in [0, 0.1) is 6.92 Å². The summed E-state index contributed by atoms with van der Waals surface area (Å²) in [5, 5.41) is 15.3. The van der Waals surface area contributed by atoms with Gasteiger partial charge in [0.05, 0.1) is 5.75 Å². The molecule has 0 saturated carbocycles. The Morgan fingerprint density at radius 3 is 3.03 bits per heavy atom. The topological polar surface area (TPSA) is 59.8 Å². The van der Waals surface area contributed by atoms with E-state index < -0.39 is 0 Å². The predicted molar refractivity (Wildman–Crippen MR) is 126 cm³/mol. The van der Waals surface area contributed by atoms with E-state index in [2.05, 4.69) is 27.5 Å². The maximum Gasteiger partial charge on any atom is 0.234 e. The molecule has 0 spiro atoms. The fourth-order valence-corrected chi connectivity index (χ4v) is 5.68. The van der Waals surface area contributed by atoms with Crippen LogP contribution >= 0.6 is 34.7 Å². The van der Waals surface area contributed by atoms with Crippen molar-refractivity contribution in [1.82, 2.24) is 14.8 Å². The summed E-state index contributed by atoms with van der Waals surface area (Å²) in [5.74, 6) is 0.999. The molecule has 2 aromatic heterocycles. The van der Waals surface area contributed by atoms with Crippen LogP contribution in [-0.4, -0.2) is 26.4 Å². The van der Waals surface area contributed by atoms with Gasteiger partial charge in [-0.25, -0.2) is 0 Å². The molecule has 0 aliphatic heterocycles. The summed E-state index contributed by atoms with van der Waals surface area (Å²) in [5.41, 5.74) is 4.17. The zero-order chi connectivity index (χ0) is 21.1. The SMILES string of the molecule is C=CCn1c(SCC(=O)Nc2cccc(Cl)c2C)nnc1-c1csc2c1CCCC2. The number of amides is 1. The number of fused-ring (bicyclic) bond motifs is 1. The average molecular weight is 459 g/mol. The number of nitrogens with one attached hydrogen (secondary N) is 1. The Bertz CT molecular complexity index is 1090. The van der Waals surface area contributed by atoms with E-state index >= 15 is 0 Å². The van der Waals surface area contributed by atoms with Gasteiger partial charge in [0.2, 0.25) is 5.91 Å². The lowest BCUT2D eigenvalue weighted by Crippen LogP contribution is -2.15. The molecule has 1 aliphatic rings. The van der Waals surface area contributed by atoms with Crippen LogP contribution in [0.15, 0.2) is 41.4 Å². The third-order valence-corrected chi connectivity index (χ3v) is 7.67. The minimum absolute atomic E-state index is 0.104. The lowest BCUT2D eigenvalue weighted by molar-refractivity contribution is -0.113. The van der Waals surface area contributed by atoms with E-state index in [4.69, 9.17) is 11.6 Å². The number of carbonyl (C=O) groups is 1. The fourth-order valence-electron chi connectivity index (χ4n) is 3.63. The number of rotatable bonds is 7. The second kappa shape index (κ2) is 9.37. The molecule has 0 atom stereocenters. The highest BCUT2D eigenvalue weighted by Gasteiger charge is 2.22. The lowest BCUT2D eigenvalue weighted by atomic mass is 9.95. The van der Waals surface area contributed by atoms with Gasteiger partial charge in [-0.05, 0) is 55.9 Å². The van der Waals surface area contributed by atoms with Crippen molar-refractivity contribution in [2.24, 2.45) is 0 Å². The van der Waals surface area contributed by atoms with Crippen molar-refractivity contribution in [3.63, 3.8) is 0 Å². The number of nitrogens with zero attached hydrogens (tertiary/aromatic N) is 3. The summed E-state index contributed by atoms with van der Waals surface area (Å²) in [4.78, 5) is 14.0. The zero-order valence-electron chi connectivity index (χ0n) is 16.8. The van der Waals surface area contributed by atoms with Crippen LogP contribution in [0.4, 0.5) is 5.69 Å². The quantitative estimate of drug-likeness (QED) is 0.361. The third-order valence-electron chi connectivity index (χ3n) is 5.20. The number of aromatic nitrogens is 3. The number of allylic oxidation sites excluding steroid dienone is 1. The van der Waals surface area contributed by atoms with Crippen molar-refractivity contribution in [1.29, 1.82) is 0 Å². The third kappa shape index (κ3) is 4.33. The van der Waals surface area contributed by atoms with E-state index in [1.165, 1.54) is 40.6 Å². The van der Waals surface area contributed by atoms with Gasteiger partial charge in [-0.3, -0.25) is 9.36 Å². The zero-order valence-corrected chi connectivity index (χ0v) is 19.2. The van der Waals surface area contributed by atoms with Gasteiger partial charge >= 0.3 is 0 Å². The summed E-state index contributed by atoms with van der Waals surface area (Å²) in [7, 11) is 0. The molecule has 0 saturated heterocycles. The molecule has 1 N–H and O–H groups in total. The molecule has 1 aliphatic carbocycles. The van der Waals surface area contributed by atoms with Crippen molar-refractivity contribution < 1.29 is 4.79 Å². The van der Waals surface area contributed by atoms with Crippen molar-refractivity contribution in [2.45, 2.75) is 44.3 Å². The van der Waals surface area contributed by atoms with E-state index in [-0.39, 0.29) is 11.7 Å². The standard InChI is InChI=1S/C22H23ClN4OS2/c1-3-11-27-21(16-12-29-19-10-5-4-7-15(16)19)25-26-22(27)30-13-20(28)24-18-9-6-8-17(23)14(18)2/h3,6,8-9,12H,1,4-5,7,10-11,13H2,2H3,(H,24,28). The first kappa shape index (κ1) is 21.2. The van der Waals surface area contributed by atoms with Crippen LogP contribution in [-0.2, 0) is 24.2 Å². The van der Waals surface area contributed by atoms with E-state index in [0.29, 0.717) is 11.6 Å². The predicted octanol–water partition coefficient (Wildman–Crippen LogP) is 5.76. The Kier molecular flexibility index (Phi) is 6.61. The first-order chi connectivity index (χ1) is 14.6. The molecule has 3 aromatic rings. The molecule has 2 heterocycles. The van der Waals surface area contributed by atoms with Crippen LogP contribution in [0.1, 0.15) is 28.8 Å². The number of hydrogen-bond acceptors (Lipinski definition) is 5. The van der Waals surface area contributed by atoms with E-state index in [0.717, 1.165) is 35.1 Å². The Morgan fingerprint density at radius 1 is 1.37 bits per heavy atom. The van der Waals surface area contributed by atoms with Gasteiger partial charge in [-0.2, -0.15) is 0 Å². The fraction of sp³-hybridized carbons (Fsp3) is 0.318. The molecule has 156 valence electrons. The molecule has 0 radical (unpaired) electrons. The van der Waals surface area contributed by atoms with Crippen LogP contribution < -0.4 is 5.32 Å². The van der Waals surface area contributed by atoms with E-state index in [9.17, 15) is 4.79 Å². The van der Waals surface area contributed by atoms with Crippen molar-refractivity contribution >= 4 is 46.3 Å². The van der Waals surface area contributed by atoms with Crippen LogP contribution in [0.25, 0.3) is 11.4 Å². The van der Waals surface area contributed by atoms with Gasteiger partial charge in [-0.1, -0.05) is 35.5 Å². The number of halogens is 1. The van der Waals surface area contributed by atoms with Crippen molar-refractivity contribution in [2.75, 3.05) is 11.1 Å². The molecule has 5 nitrogen and oxygen atoms in total. The van der Waals surface area contributed by atoms with Crippen LogP contribution in [0.3, 0.4) is 0 Å². The van der Waals surface area contributed by atoms with Gasteiger partial charge < -0.3 is 5.32 Å². The number of benzene rings is 1. The number of aryl methyl sites for hydroxylation is 1. The van der Waals surface area contributed by atoms with Gasteiger partial charge in [0.25, 0.3) is 0 Å². The summed E-state index contributed by atoms with van der Waals surface area (Å²) >= 11 is 9.34. The Hall–Kier alpha value is -2.09. The molecule has 0 fully saturated rings. The summed E-state index contributed by atoms with van der Waals surface area (Å²) in [6.07, 6.45) is 6.57. The number of carbonyl (C=O) groups excluding carboxylic acids is 1. The van der Waals surface area contributed by atoms with Crippen LogP contribution in [0.2, 0.25) is 5.02 Å². The Labute approximate surface area is 189 Å². The van der Waals surface area contributed by atoms with Gasteiger partial charge in [0, 0.05) is 33.1 Å².